The first-order valence-electron chi connectivity index (χ1n) is 11.2. The van der Waals surface area contributed by atoms with Crippen molar-refractivity contribution in [3.05, 3.63) is 82.2 Å². The van der Waals surface area contributed by atoms with Gasteiger partial charge in [0.15, 0.2) is 11.5 Å². The van der Waals surface area contributed by atoms with Crippen LogP contribution in [0.3, 0.4) is 0 Å². The van der Waals surface area contributed by atoms with Crippen LogP contribution in [0.5, 0.6) is 34.5 Å². The second-order valence-corrected chi connectivity index (χ2v) is 7.72. The molecule has 0 saturated carbocycles. The Balaban J connectivity index is 1.74. The third kappa shape index (κ3) is 5.51. The van der Waals surface area contributed by atoms with Gasteiger partial charge in [-0.3, -0.25) is 4.79 Å². The number of para-hydroxylation sites is 2. The number of rotatable bonds is 8. The van der Waals surface area contributed by atoms with Crippen LogP contribution in [0.25, 0.3) is 11.0 Å². The highest BCUT2D eigenvalue weighted by molar-refractivity contribution is 5.92. The van der Waals surface area contributed by atoms with Crippen LogP contribution < -0.4 is 29.1 Å². The van der Waals surface area contributed by atoms with Gasteiger partial charge in [-0.2, -0.15) is 13.2 Å². The number of methoxy groups -OCH3 is 2. The molecule has 0 aliphatic rings. The molecular weight excluding hydrogens is 509 g/mol. The van der Waals surface area contributed by atoms with E-state index in [0.29, 0.717) is 11.5 Å². The summed E-state index contributed by atoms with van der Waals surface area (Å²) in [6.45, 7) is 1.92. The van der Waals surface area contributed by atoms with Gasteiger partial charge in [-0.25, -0.2) is 4.79 Å². The number of fused-ring (bicyclic) bond motifs is 1. The van der Waals surface area contributed by atoms with Gasteiger partial charge in [-0.1, -0.05) is 12.1 Å². The van der Waals surface area contributed by atoms with Gasteiger partial charge >= 0.3 is 12.1 Å². The normalized spacial score (nSPS) is 11.2. The maximum absolute atomic E-state index is 13.9. The Labute approximate surface area is 214 Å². The number of carbonyl (C=O) groups is 1. The van der Waals surface area contributed by atoms with Crippen LogP contribution in [-0.4, -0.2) is 26.8 Å². The quantitative estimate of drug-likeness (QED) is 0.195. The summed E-state index contributed by atoms with van der Waals surface area (Å²) in [5.41, 5.74) is -1.46. The fraction of sp³-hybridized carbons (Fsp3) is 0.185. The molecule has 38 heavy (non-hydrogen) atoms. The molecule has 4 rings (SSSR count). The summed E-state index contributed by atoms with van der Waals surface area (Å²) in [7, 11) is 2.81. The maximum Gasteiger partial charge on any atom is 0.453 e. The average molecular weight is 530 g/mol. The zero-order valence-corrected chi connectivity index (χ0v) is 20.4. The molecule has 0 aliphatic carbocycles. The van der Waals surface area contributed by atoms with Crippen LogP contribution >= 0.6 is 0 Å². The number of carbonyl (C=O) groups excluding carboxylic acids is 1. The van der Waals surface area contributed by atoms with E-state index >= 15 is 0 Å². The molecule has 0 saturated heterocycles. The van der Waals surface area contributed by atoms with Gasteiger partial charge in [-0.15, -0.1) is 0 Å². The molecule has 0 spiro atoms. The predicted molar refractivity (Wildman–Crippen MR) is 130 cm³/mol. The van der Waals surface area contributed by atoms with Crippen molar-refractivity contribution in [2.75, 3.05) is 20.8 Å². The minimum absolute atomic E-state index is 0.0652. The lowest BCUT2D eigenvalue weighted by Crippen LogP contribution is -2.16. The molecule has 11 heteroatoms. The second-order valence-electron chi connectivity index (χ2n) is 7.72. The van der Waals surface area contributed by atoms with Crippen LogP contribution in [0.1, 0.15) is 23.0 Å². The first-order valence-corrected chi connectivity index (χ1v) is 11.2. The Morgan fingerprint density at radius 3 is 2.16 bits per heavy atom. The smallest absolute Gasteiger partial charge is 0.453 e. The molecule has 198 valence electrons. The van der Waals surface area contributed by atoms with E-state index in [1.807, 2.05) is 0 Å². The molecule has 1 aromatic heterocycles. The van der Waals surface area contributed by atoms with E-state index in [4.69, 9.17) is 28.1 Å². The summed E-state index contributed by atoms with van der Waals surface area (Å²) < 4.78 is 73.2. The molecular formula is C27H21F3O8. The van der Waals surface area contributed by atoms with E-state index in [1.165, 1.54) is 56.7 Å². The van der Waals surface area contributed by atoms with Crippen LogP contribution in [0, 0.1) is 0 Å². The molecule has 4 aromatic rings. The monoisotopic (exact) mass is 530 g/mol. The Bertz CT molecular complexity index is 1520. The summed E-state index contributed by atoms with van der Waals surface area (Å²) in [4.78, 5) is 25.8. The molecule has 0 atom stereocenters. The Morgan fingerprint density at radius 2 is 1.55 bits per heavy atom. The minimum atomic E-state index is -5.08. The van der Waals surface area contributed by atoms with E-state index in [9.17, 15) is 22.8 Å². The summed E-state index contributed by atoms with van der Waals surface area (Å²) in [6, 6.07) is 13.8. The summed E-state index contributed by atoms with van der Waals surface area (Å²) in [5.74, 6) is -2.98. The molecule has 8 nitrogen and oxygen atoms in total. The van der Waals surface area contributed by atoms with Crippen molar-refractivity contribution in [1.29, 1.82) is 0 Å². The summed E-state index contributed by atoms with van der Waals surface area (Å²) in [6.07, 6.45) is -5.08. The Hall–Kier alpha value is -4.67. The highest BCUT2D eigenvalue weighted by atomic mass is 19.4. The number of esters is 1. The van der Waals surface area contributed by atoms with Crippen molar-refractivity contribution in [3.63, 3.8) is 0 Å². The highest BCUT2D eigenvalue weighted by Crippen LogP contribution is 2.40. The number of hydrogen-bond acceptors (Lipinski definition) is 8. The van der Waals surface area contributed by atoms with E-state index in [2.05, 4.69) is 0 Å². The largest absolute Gasteiger partial charge is 0.497 e. The molecule has 0 fully saturated rings. The van der Waals surface area contributed by atoms with E-state index in [-0.39, 0.29) is 34.8 Å². The van der Waals surface area contributed by atoms with E-state index in [1.54, 1.807) is 19.1 Å². The molecule has 0 aliphatic heterocycles. The van der Waals surface area contributed by atoms with Gasteiger partial charge in [-0.05, 0) is 43.3 Å². The average Bonchev–Trinajstić information content (AvgIpc) is 2.90. The van der Waals surface area contributed by atoms with Gasteiger partial charge in [0.05, 0.1) is 31.8 Å². The Kier molecular flexibility index (Phi) is 7.47. The van der Waals surface area contributed by atoms with Gasteiger partial charge in [0.25, 0.3) is 5.76 Å². The lowest BCUT2D eigenvalue weighted by Gasteiger charge is -2.15. The number of benzene rings is 3. The maximum atomic E-state index is 13.9. The highest BCUT2D eigenvalue weighted by Gasteiger charge is 2.40. The van der Waals surface area contributed by atoms with Gasteiger partial charge < -0.3 is 28.1 Å². The van der Waals surface area contributed by atoms with Crippen LogP contribution in [0.2, 0.25) is 0 Å². The first kappa shape index (κ1) is 26.4. The molecule has 0 unspecified atom stereocenters. The van der Waals surface area contributed by atoms with Crippen molar-refractivity contribution >= 4 is 16.9 Å². The van der Waals surface area contributed by atoms with Gasteiger partial charge in [0, 0.05) is 12.1 Å². The fourth-order valence-electron chi connectivity index (χ4n) is 3.51. The first-order chi connectivity index (χ1) is 18.1. The van der Waals surface area contributed by atoms with Crippen LogP contribution in [-0.2, 0) is 6.18 Å². The molecule has 0 amide bonds. The second kappa shape index (κ2) is 10.8. The van der Waals surface area contributed by atoms with Gasteiger partial charge in [0.2, 0.25) is 11.2 Å². The molecule has 3 aromatic carbocycles. The van der Waals surface area contributed by atoms with E-state index < -0.39 is 34.7 Å². The number of alkyl halides is 3. The number of halogens is 3. The van der Waals surface area contributed by atoms with Crippen molar-refractivity contribution in [1.82, 2.24) is 0 Å². The SMILES string of the molecule is CCOc1ccccc1Oc1c(C(F)(F)F)oc2cc(OC(=O)c3cc(OC)cc(OC)c3)ccc2c1=O. The zero-order valence-electron chi connectivity index (χ0n) is 20.4. The molecule has 0 radical (unpaired) electrons. The zero-order chi connectivity index (χ0) is 27.4. The van der Waals surface area contributed by atoms with Crippen molar-refractivity contribution < 1.29 is 46.1 Å². The molecule has 1 heterocycles. The van der Waals surface area contributed by atoms with Crippen molar-refractivity contribution in [2.45, 2.75) is 13.1 Å². The lowest BCUT2D eigenvalue weighted by molar-refractivity contribution is -0.154. The number of ether oxygens (including phenoxy) is 5. The van der Waals surface area contributed by atoms with E-state index in [0.717, 1.165) is 6.07 Å². The fourth-order valence-corrected chi connectivity index (χ4v) is 3.51. The minimum Gasteiger partial charge on any atom is -0.497 e. The predicted octanol–water partition coefficient (Wildman–Crippen LogP) is 6.24. The molecule has 0 bridgehead atoms. The topological polar surface area (TPSA) is 93.4 Å². The van der Waals surface area contributed by atoms with Crippen LogP contribution in [0.4, 0.5) is 13.2 Å². The van der Waals surface area contributed by atoms with Crippen LogP contribution in [0.15, 0.2) is 69.9 Å². The summed E-state index contributed by atoms with van der Waals surface area (Å²) >= 11 is 0. The molecule has 0 N–H and O–H groups in total. The van der Waals surface area contributed by atoms with Crippen molar-refractivity contribution in [2.24, 2.45) is 0 Å². The summed E-state index contributed by atoms with van der Waals surface area (Å²) in [5, 5.41) is -0.218. The third-order valence-electron chi connectivity index (χ3n) is 5.24. The Morgan fingerprint density at radius 1 is 0.895 bits per heavy atom. The standard InChI is InChI=1S/C27H21F3O8/c1-4-35-20-7-5-6-8-21(20)37-24-23(31)19-10-9-16(14-22(19)38-25(24)27(28,29)30)36-26(32)15-11-17(33-2)13-18(12-15)34-3/h5-14H,4H2,1-3H3. The third-order valence-corrected chi connectivity index (χ3v) is 5.24. The number of hydrogen-bond donors (Lipinski definition) is 0. The lowest BCUT2D eigenvalue weighted by atomic mass is 10.2. The van der Waals surface area contributed by atoms with Gasteiger partial charge in [0.1, 0.15) is 22.8 Å². The van der Waals surface area contributed by atoms with Crippen molar-refractivity contribution in [3.8, 4) is 34.5 Å².